The van der Waals surface area contributed by atoms with E-state index in [4.69, 9.17) is 5.11 Å². The van der Waals surface area contributed by atoms with E-state index < -0.39 is 0 Å². The van der Waals surface area contributed by atoms with E-state index in [-0.39, 0.29) is 0 Å². The molecule has 0 aromatic carbocycles. The zero-order valence-corrected chi connectivity index (χ0v) is 10.7. The van der Waals surface area contributed by atoms with Crippen LogP contribution in [-0.4, -0.2) is 48.3 Å². The first-order valence-corrected chi connectivity index (χ1v) is 6.77. The van der Waals surface area contributed by atoms with Crippen LogP contribution in [0.5, 0.6) is 0 Å². The number of likely N-dealkylation sites (tertiary alicyclic amines) is 1. The maximum atomic E-state index is 9.09. The maximum Gasteiger partial charge on any atom is 0.0584 e. The minimum atomic E-state index is 0.305. The molecule has 2 rings (SSSR count). The van der Waals surface area contributed by atoms with Gasteiger partial charge in [-0.15, -0.1) is 0 Å². The molecule has 0 aromatic rings. The van der Waals surface area contributed by atoms with Crippen molar-refractivity contribution in [3.05, 3.63) is 0 Å². The van der Waals surface area contributed by atoms with Gasteiger partial charge >= 0.3 is 0 Å². The molecule has 2 saturated heterocycles. The van der Waals surface area contributed by atoms with E-state index in [1.165, 1.54) is 32.4 Å². The standard InChI is InChI=1S/C13H26N2O/c1-10(2)15-4-3-11(8-15)5-12-6-13(9-16)14-7-12/h10-14,16H,3-9H2,1-2H3. The average Bonchev–Trinajstić information content (AvgIpc) is 2.87. The second-order valence-electron chi connectivity index (χ2n) is 5.87. The van der Waals surface area contributed by atoms with Crippen molar-refractivity contribution in [1.82, 2.24) is 10.2 Å². The molecular weight excluding hydrogens is 200 g/mol. The number of aliphatic hydroxyl groups excluding tert-OH is 1. The summed E-state index contributed by atoms with van der Waals surface area (Å²) in [4.78, 5) is 2.59. The van der Waals surface area contributed by atoms with Gasteiger partial charge in [0.05, 0.1) is 6.61 Å². The first-order chi connectivity index (χ1) is 7.69. The Balaban J connectivity index is 1.71. The smallest absolute Gasteiger partial charge is 0.0584 e. The molecule has 0 aromatic heterocycles. The van der Waals surface area contributed by atoms with Crippen LogP contribution in [0, 0.1) is 11.8 Å². The van der Waals surface area contributed by atoms with Crippen molar-refractivity contribution in [3.8, 4) is 0 Å². The van der Waals surface area contributed by atoms with E-state index >= 15 is 0 Å². The second kappa shape index (κ2) is 5.48. The summed E-state index contributed by atoms with van der Waals surface area (Å²) in [6.45, 7) is 8.58. The summed E-state index contributed by atoms with van der Waals surface area (Å²) in [6.07, 6.45) is 3.90. The highest BCUT2D eigenvalue weighted by Gasteiger charge is 2.30. The number of rotatable bonds is 4. The Labute approximate surface area is 99.2 Å². The highest BCUT2D eigenvalue weighted by atomic mass is 16.3. The largest absolute Gasteiger partial charge is 0.395 e. The zero-order valence-electron chi connectivity index (χ0n) is 10.7. The maximum absolute atomic E-state index is 9.09. The molecule has 3 heteroatoms. The summed E-state index contributed by atoms with van der Waals surface area (Å²) in [5, 5.41) is 12.5. The number of hydrogen-bond acceptors (Lipinski definition) is 3. The lowest BCUT2D eigenvalue weighted by Crippen LogP contribution is -2.28. The lowest BCUT2D eigenvalue weighted by molar-refractivity contribution is 0.246. The van der Waals surface area contributed by atoms with E-state index in [1.807, 2.05) is 0 Å². The first-order valence-electron chi connectivity index (χ1n) is 6.77. The van der Waals surface area contributed by atoms with Crippen LogP contribution in [0.3, 0.4) is 0 Å². The molecule has 0 bridgehead atoms. The molecule has 0 saturated carbocycles. The molecule has 3 unspecified atom stereocenters. The predicted octanol–water partition coefficient (Wildman–Crippen LogP) is 1.08. The van der Waals surface area contributed by atoms with Crippen molar-refractivity contribution in [3.63, 3.8) is 0 Å². The number of nitrogens with one attached hydrogen (secondary N) is 1. The fraction of sp³-hybridized carbons (Fsp3) is 1.00. The van der Waals surface area contributed by atoms with Crippen LogP contribution in [0.4, 0.5) is 0 Å². The van der Waals surface area contributed by atoms with Gasteiger partial charge < -0.3 is 15.3 Å². The van der Waals surface area contributed by atoms with Gasteiger partial charge in [0, 0.05) is 18.6 Å². The monoisotopic (exact) mass is 226 g/mol. The molecule has 0 aliphatic carbocycles. The predicted molar refractivity (Wildman–Crippen MR) is 66.4 cm³/mol. The third-order valence-electron chi connectivity index (χ3n) is 4.25. The highest BCUT2D eigenvalue weighted by Crippen LogP contribution is 2.28. The molecule has 3 nitrogen and oxygen atoms in total. The number of nitrogens with zero attached hydrogens (tertiary/aromatic N) is 1. The van der Waals surface area contributed by atoms with Gasteiger partial charge in [0.25, 0.3) is 0 Å². The van der Waals surface area contributed by atoms with Crippen molar-refractivity contribution in [2.45, 2.75) is 45.2 Å². The van der Waals surface area contributed by atoms with Crippen molar-refractivity contribution in [2.24, 2.45) is 11.8 Å². The first kappa shape index (κ1) is 12.3. The van der Waals surface area contributed by atoms with Gasteiger partial charge in [-0.3, -0.25) is 0 Å². The molecule has 2 fully saturated rings. The molecule has 2 aliphatic heterocycles. The summed E-state index contributed by atoms with van der Waals surface area (Å²) in [5.74, 6) is 1.70. The Morgan fingerprint density at radius 3 is 2.75 bits per heavy atom. The van der Waals surface area contributed by atoms with Crippen LogP contribution in [-0.2, 0) is 0 Å². The lowest BCUT2D eigenvalue weighted by atomic mass is 9.92. The van der Waals surface area contributed by atoms with E-state index in [9.17, 15) is 0 Å². The number of hydrogen-bond donors (Lipinski definition) is 2. The quantitative estimate of drug-likeness (QED) is 0.753. The Hall–Kier alpha value is -0.120. The zero-order chi connectivity index (χ0) is 11.5. The van der Waals surface area contributed by atoms with Crippen LogP contribution in [0.2, 0.25) is 0 Å². The average molecular weight is 226 g/mol. The van der Waals surface area contributed by atoms with Crippen molar-refractivity contribution in [2.75, 3.05) is 26.2 Å². The van der Waals surface area contributed by atoms with Crippen LogP contribution in [0.1, 0.15) is 33.1 Å². The van der Waals surface area contributed by atoms with E-state index in [0.29, 0.717) is 18.7 Å². The van der Waals surface area contributed by atoms with Crippen LogP contribution < -0.4 is 5.32 Å². The van der Waals surface area contributed by atoms with Gasteiger partial charge in [-0.2, -0.15) is 0 Å². The molecule has 2 aliphatic rings. The van der Waals surface area contributed by atoms with Gasteiger partial charge in [0.2, 0.25) is 0 Å². The summed E-state index contributed by atoms with van der Waals surface area (Å²) < 4.78 is 0. The molecule has 2 heterocycles. The summed E-state index contributed by atoms with van der Waals surface area (Å²) in [7, 11) is 0. The van der Waals surface area contributed by atoms with Gasteiger partial charge in [-0.1, -0.05) is 0 Å². The third-order valence-corrected chi connectivity index (χ3v) is 4.25. The van der Waals surface area contributed by atoms with Crippen molar-refractivity contribution >= 4 is 0 Å². The van der Waals surface area contributed by atoms with Gasteiger partial charge in [-0.25, -0.2) is 0 Å². The highest BCUT2D eigenvalue weighted by molar-refractivity contribution is 4.85. The van der Waals surface area contributed by atoms with Crippen LogP contribution >= 0.6 is 0 Å². The van der Waals surface area contributed by atoms with Crippen molar-refractivity contribution < 1.29 is 5.11 Å². The third kappa shape index (κ3) is 2.96. The van der Waals surface area contributed by atoms with E-state index in [2.05, 4.69) is 24.1 Å². The fourth-order valence-corrected chi connectivity index (χ4v) is 3.22. The molecule has 16 heavy (non-hydrogen) atoms. The lowest BCUT2D eigenvalue weighted by Gasteiger charge is -2.21. The van der Waals surface area contributed by atoms with Gasteiger partial charge in [-0.05, 0) is 58.0 Å². The van der Waals surface area contributed by atoms with Crippen LogP contribution in [0.15, 0.2) is 0 Å². The Kier molecular flexibility index (Phi) is 4.22. The van der Waals surface area contributed by atoms with E-state index in [1.54, 1.807) is 0 Å². The van der Waals surface area contributed by atoms with Crippen molar-refractivity contribution in [1.29, 1.82) is 0 Å². The molecule has 94 valence electrons. The summed E-state index contributed by atoms with van der Waals surface area (Å²) in [6, 6.07) is 1.07. The molecule has 3 atom stereocenters. The van der Waals surface area contributed by atoms with Crippen LogP contribution in [0.25, 0.3) is 0 Å². The minimum absolute atomic E-state index is 0.305. The number of aliphatic hydroxyl groups is 1. The molecule has 0 amide bonds. The van der Waals surface area contributed by atoms with Gasteiger partial charge in [0.15, 0.2) is 0 Å². The Morgan fingerprint density at radius 1 is 1.38 bits per heavy atom. The SMILES string of the molecule is CC(C)N1CCC(CC2CNC(CO)C2)C1. The molecular formula is C13H26N2O. The van der Waals surface area contributed by atoms with Gasteiger partial charge in [0.1, 0.15) is 0 Å². The topological polar surface area (TPSA) is 35.5 Å². The second-order valence-corrected chi connectivity index (χ2v) is 5.87. The Morgan fingerprint density at radius 2 is 2.19 bits per heavy atom. The molecule has 2 N–H and O–H groups in total. The molecule has 0 radical (unpaired) electrons. The molecule has 0 spiro atoms. The Bertz CT molecular complexity index is 220. The minimum Gasteiger partial charge on any atom is -0.395 e. The normalized spacial score (nSPS) is 36.4. The van der Waals surface area contributed by atoms with E-state index in [0.717, 1.165) is 18.4 Å². The summed E-state index contributed by atoms with van der Waals surface area (Å²) >= 11 is 0. The fourth-order valence-electron chi connectivity index (χ4n) is 3.22. The summed E-state index contributed by atoms with van der Waals surface area (Å²) in [5.41, 5.74) is 0.